The third-order valence-corrected chi connectivity index (χ3v) is 10.2. The fourth-order valence-electron chi connectivity index (χ4n) is 7.68. The Morgan fingerprint density at radius 2 is 1.90 bits per heavy atom. The number of nitrogens with one attached hydrogen (secondary N) is 1. The van der Waals surface area contributed by atoms with E-state index in [1.807, 2.05) is 24.1 Å². The highest BCUT2D eigenvalue weighted by Crippen LogP contribution is 2.40. The van der Waals surface area contributed by atoms with Gasteiger partial charge in [0.2, 0.25) is 0 Å². The maximum atomic E-state index is 13.7. The van der Waals surface area contributed by atoms with Gasteiger partial charge in [-0.15, -0.1) is 0 Å². The van der Waals surface area contributed by atoms with Crippen molar-refractivity contribution < 1.29 is 9.53 Å². The molecule has 3 N–H and O–H groups in total. The number of imidazole rings is 1. The van der Waals surface area contributed by atoms with Crippen LogP contribution in [0.4, 0.5) is 0 Å². The predicted octanol–water partition coefficient (Wildman–Crippen LogP) is 4.04. The van der Waals surface area contributed by atoms with E-state index in [-0.39, 0.29) is 18.0 Å². The molecule has 5 heterocycles. The smallest absolute Gasteiger partial charge is 0.254 e. The molecule has 4 aliphatic rings. The quantitative estimate of drug-likeness (QED) is 0.374. The van der Waals surface area contributed by atoms with Crippen LogP contribution in [0.5, 0.6) is 5.75 Å². The number of rotatable bonds is 6. The normalized spacial score (nSPS) is 24.7. The maximum absolute atomic E-state index is 13.7. The van der Waals surface area contributed by atoms with Crippen molar-refractivity contribution in [3.05, 3.63) is 41.6 Å². The van der Waals surface area contributed by atoms with Gasteiger partial charge in [-0.2, -0.15) is 0 Å². The van der Waals surface area contributed by atoms with Crippen molar-refractivity contribution in [3.63, 3.8) is 0 Å². The number of nitrogens with zero attached hydrogens (tertiary/aromatic N) is 5. The van der Waals surface area contributed by atoms with Gasteiger partial charge in [-0.05, 0) is 93.8 Å². The number of carbonyl (C=O) groups is 1. The molecular weight excluding hydrogens is 514 g/mol. The summed E-state index contributed by atoms with van der Waals surface area (Å²) >= 11 is 0. The fraction of sp³-hybridized carbons (Fsp3) is 0.531. The van der Waals surface area contributed by atoms with Gasteiger partial charge in [-0.1, -0.05) is 0 Å². The first-order valence-electron chi connectivity index (χ1n) is 15.3. The molecule has 2 bridgehead atoms. The molecule has 2 saturated heterocycles. The lowest BCUT2D eigenvalue weighted by molar-refractivity contribution is 0.0700. The molecule has 2 aliphatic heterocycles. The van der Waals surface area contributed by atoms with Crippen molar-refractivity contribution in [2.45, 2.75) is 63.1 Å². The molecule has 1 amide bonds. The lowest BCUT2D eigenvalue weighted by atomic mass is 9.94. The average molecular weight is 554 g/mol. The van der Waals surface area contributed by atoms with E-state index in [1.54, 1.807) is 7.11 Å². The first-order valence-corrected chi connectivity index (χ1v) is 15.3. The van der Waals surface area contributed by atoms with Gasteiger partial charge in [0.1, 0.15) is 16.9 Å². The van der Waals surface area contributed by atoms with Gasteiger partial charge in [0, 0.05) is 54.8 Å². The second kappa shape index (κ2) is 9.56. The average Bonchev–Trinajstić information content (AvgIpc) is 3.41. The lowest BCUT2D eigenvalue weighted by Gasteiger charge is -2.27. The molecule has 9 heteroatoms. The molecule has 2 saturated carbocycles. The van der Waals surface area contributed by atoms with Gasteiger partial charge < -0.3 is 29.8 Å². The minimum absolute atomic E-state index is 0.0255. The fourth-order valence-corrected chi connectivity index (χ4v) is 7.68. The summed E-state index contributed by atoms with van der Waals surface area (Å²) in [5.41, 5.74) is 12.0. The van der Waals surface area contributed by atoms with Crippen molar-refractivity contribution in [3.8, 4) is 17.3 Å². The number of methoxy groups -OCH3 is 1. The molecule has 0 unspecified atom stereocenters. The van der Waals surface area contributed by atoms with E-state index in [0.717, 1.165) is 85.4 Å². The van der Waals surface area contributed by atoms with Crippen molar-refractivity contribution in [2.75, 3.05) is 26.7 Å². The summed E-state index contributed by atoms with van der Waals surface area (Å²) in [4.78, 5) is 26.1. The number of carbonyl (C=O) groups excluding carboxylic acids is 1. The molecule has 214 valence electrons. The number of nitrogens with two attached hydrogens (primary N) is 1. The van der Waals surface area contributed by atoms with Gasteiger partial charge in [0.05, 0.1) is 18.3 Å². The number of aryl methyl sites for hydroxylation is 1. The van der Waals surface area contributed by atoms with Crippen molar-refractivity contribution in [2.24, 2.45) is 24.6 Å². The lowest BCUT2D eigenvalue weighted by Crippen LogP contribution is -2.41. The van der Waals surface area contributed by atoms with Crippen LogP contribution in [-0.4, -0.2) is 68.7 Å². The Labute approximate surface area is 240 Å². The molecule has 4 aromatic rings. The number of fused-ring (bicyclic) bond motifs is 4. The van der Waals surface area contributed by atoms with Crippen molar-refractivity contribution in [1.82, 2.24) is 29.3 Å². The Hall–Kier alpha value is -3.43. The summed E-state index contributed by atoms with van der Waals surface area (Å²) in [7, 11) is 3.71. The second-order valence-corrected chi connectivity index (χ2v) is 12.7. The Kier molecular flexibility index (Phi) is 5.90. The molecule has 1 aromatic carbocycles. The second-order valence-electron chi connectivity index (χ2n) is 12.7. The number of aromatic nitrogens is 4. The van der Waals surface area contributed by atoms with Gasteiger partial charge in [0.25, 0.3) is 5.91 Å². The molecular formula is C32H39N7O2. The number of likely N-dealkylation sites (tertiary alicyclic amines) is 1. The van der Waals surface area contributed by atoms with Gasteiger partial charge in [0.15, 0.2) is 5.82 Å². The molecule has 3 aromatic heterocycles. The monoisotopic (exact) mass is 553 g/mol. The molecule has 8 rings (SSSR count). The zero-order valence-electron chi connectivity index (χ0n) is 24.0. The van der Waals surface area contributed by atoms with Gasteiger partial charge in [-0.3, -0.25) is 4.79 Å². The first-order chi connectivity index (χ1) is 20.0. The standard InChI is InChI=1S/C32H39N7O2/c1-37-29-24(13-22(15-27(29)41-2)32(40)39-17-21-6-8-25(39)28(21)33)36-31(37)26-14-20-5-7-23(19-9-11-34-12-10-19)35-30(20)38(26)16-18-3-4-18/h5,7,13-15,18-19,21,25,28,34H,3-4,6,8-12,16-17,33H2,1-2H3/t21-,25-,28-/m1/s1. The van der Waals surface area contributed by atoms with E-state index < -0.39 is 0 Å². The number of amides is 1. The number of benzene rings is 1. The molecule has 3 atom stereocenters. The third kappa shape index (κ3) is 4.07. The Morgan fingerprint density at radius 3 is 2.61 bits per heavy atom. The summed E-state index contributed by atoms with van der Waals surface area (Å²) in [6.45, 7) is 3.79. The van der Waals surface area contributed by atoms with Crippen LogP contribution in [0.25, 0.3) is 33.6 Å². The molecule has 2 aliphatic carbocycles. The number of hydrogen-bond acceptors (Lipinski definition) is 6. The van der Waals surface area contributed by atoms with Crippen molar-refractivity contribution >= 4 is 28.0 Å². The van der Waals surface area contributed by atoms with Crippen LogP contribution in [0.3, 0.4) is 0 Å². The first kappa shape index (κ1) is 25.3. The summed E-state index contributed by atoms with van der Waals surface area (Å²) in [5.74, 6) is 3.16. The summed E-state index contributed by atoms with van der Waals surface area (Å²) in [6.07, 6.45) is 6.89. The summed E-state index contributed by atoms with van der Waals surface area (Å²) in [6, 6.07) is 10.7. The van der Waals surface area contributed by atoms with Crippen LogP contribution in [0.15, 0.2) is 30.3 Å². The number of ether oxygens (including phenoxy) is 1. The molecule has 0 radical (unpaired) electrons. The van der Waals surface area contributed by atoms with Crippen LogP contribution >= 0.6 is 0 Å². The van der Waals surface area contributed by atoms with E-state index in [1.165, 1.54) is 18.5 Å². The van der Waals surface area contributed by atoms with Crippen LogP contribution in [0, 0.1) is 11.8 Å². The maximum Gasteiger partial charge on any atom is 0.254 e. The summed E-state index contributed by atoms with van der Waals surface area (Å²) < 4.78 is 10.4. The van der Waals surface area contributed by atoms with E-state index in [4.69, 9.17) is 20.4 Å². The molecule has 4 fully saturated rings. The Morgan fingerprint density at radius 1 is 1.07 bits per heavy atom. The van der Waals surface area contributed by atoms with E-state index in [9.17, 15) is 4.79 Å². The molecule has 9 nitrogen and oxygen atoms in total. The highest BCUT2D eigenvalue weighted by molar-refractivity contribution is 6.00. The number of pyridine rings is 1. The van der Waals surface area contributed by atoms with Crippen molar-refractivity contribution in [1.29, 1.82) is 0 Å². The highest BCUT2D eigenvalue weighted by atomic mass is 16.5. The molecule has 41 heavy (non-hydrogen) atoms. The zero-order valence-corrected chi connectivity index (χ0v) is 24.0. The molecule has 0 spiro atoms. The van der Waals surface area contributed by atoms with Crippen LogP contribution in [-0.2, 0) is 13.6 Å². The zero-order chi connectivity index (χ0) is 27.8. The SMILES string of the molecule is COc1cc(C(=O)N2C[C@H]3CC[C@@H]2[C@@H]3N)cc2nc(-c3cc4ccc(C5CCNCC5)nc4n3CC3CC3)n(C)c12. The Bertz CT molecular complexity index is 1660. The van der Waals surface area contributed by atoms with Crippen LogP contribution < -0.4 is 15.8 Å². The van der Waals surface area contributed by atoms with Crippen LogP contribution in [0.1, 0.15) is 60.5 Å². The number of piperidine rings is 2. The van der Waals surface area contributed by atoms with Gasteiger partial charge >= 0.3 is 0 Å². The highest BCUT2D eigenvalue weighted by Gasteiger charge is 2.47. The van der Waals surface area contributed by atoms with E-state index >= 15 is 0 Å². The topological polar surface area (TPSA) is 103 Å². The Balaban J connectivity index is 1.22. The predicted molar refractivity (Wildman–Crippen MR) is 159 cm³/mol. The minimum Gasteiger partial charge on any atom is -0.494 e. The van der Waals surface area contributed by atoms with Crippen LogP contribution in [0.2, 0.25) is 0 Å². The summed E-state index contributed by atoms with van der Waals surface area (Å²) in [5, 5.41) is 4.62. The largest absolute Gasteiger partial charge is 0.494 e. The number of hydrogen-bond donors (Lipinski definition) is 2. The van der Waals surface area contributed by atoms with E-state index in [2.05, 4.69) is 32.7 Å². The van der Waals surface area contributed by atoms with E-state index in [0.29, 0.717) is 29.1 Å². The van der Waals surface area contributed by atoms with Gasteiger partial charge in [-0.25, -0.2) is 9.97 Å². The third-order valence-electron chi connectivity index (χ3n) is 10.2. The minimum atomic E-state index is 0.0255.